The molecule has 1 heterocycles. The molecule has 2 aliphatic rings. The number of para-hydroxylation sites is 2. The van der Waals surface area contributed by atoms with Crippen molar-refractivity contribution in [1.82, 2.24) is 0 Å². The third-order valence-electron chi connectivity index (χ3n) is 7.09. The summed E-state index contributed by atoms with van der Waals surface area (Å²) in [6.07, 6.45) is 5.49. The topological polar surface area (TPSA) is 53.2 Å². The van der Waals surface area contributed by atoms with Crippen molar-refractivity contribution in [2.45, 2.75) is 18.4 Å². The number of hydrogen-bond donors (Lipinski definition) is 3. The second kappa shape index (κ2) is 9.56. The number of carbonyl (C=O) groups is 1. The highest BCUT2D eigenvalue weighted by molar-refractivity contribution is 6.31. The number of hydrogen-bond acceptors (Lipinski definition) is 3. The molecule has 4 nitrogen and oxygen atoms in total. The number of benzene rings is 4. The number of nitrogens with one attached hydrogen (secondary N) is 3. The molecule has 1 amide bonds. The van der Waals surface area contributed by atoms with Gasteiger partial charge in [0.15, 0.2) is 0 Å². The normalized spacial score (nSPS) is 19.6. The maximum absolute atomic E-state index is 13.5. The molecule has 0 radical (unpaired) electrons. The Morgan fingerprint density at radius 2 is 1.47 bits per heavy atom. The first-order valence-corrected chi connectivity index (χ1v) is 12.6. The van der Waals surface area contributed by atoms with Crippen LogP contribution in [0.3, 0.4) is 0 Å². The zero-order valence-corrected chi connectivity index (χ0v) is 20.4. The Kier molecular flexibility index (Phi) is 5.96. The molecule has 5 heteroatoms. The van der Waals surface area contributed by atoms with Gasteiger partial charge in [-0.15, -0.1) is 0 Å². The summed E-state index contributed by atoms with van der Waals surface area (Å²) in [5, 5.41) is 10.9. The van der Waals surface area contributed by atoms with E-state index in [0.29, 0.717) is 11.5 Å². The van der Waals surface area contributed by atoms with Crippen LogP contribution in [-0.2, 0) is 0 Å². The van der Waals surface area contributed by atoms with E-state index in [1.165, 1.54) is 0 Å². The van der Waals surface area contributed by atoms with Crippen LogP contribution in [-0.4, -0.2) is 5.91 Å². The van der Waals surface area contributed by atoms with Gasteiger partial charge in [0.25, 0.3) is 5.91 Å². The van der Waals surface area contributed by atoms with Crippen molar-refractivity contribution in [2.24, 2.45) is 5.92 Å². The summed E-state index contributed by atoms with van der Waals surface area (Å²) in [7, 11) is 0. The second-order valence-corrected chi connectivity index (χ2v) is 9.70. The number of allylic oxidation sites excluding steroid dienone is 2. The van der Waals surface area contributed by atoms with Crippen LogP contribution in [0.25, 0.3) is 0 Å². The fourth-order valence-electron chi connectivity index (χ4n) is 5.37. The van der Waals surface area contributed by atoms with Gasteiger partial charge in [-0.05, 0) is 72.0 Å². The van der Waals surface area contributed by atoms with Gasteiger partial charge in [0.05, 0.1) is 17.3 Å². The average molecular weight is 492 g/mol. The Bertz CT molecular complexity index is 1430. The summed E-state index contributed by atoms with van der Waals surface area (Å²) >= 11 is 6.60. The lowest BCUT2D eigenvalue weighted by molar-refractivity contribution is 0.102. The van der Waals surface area contributed by atoms with Crippen molar-refractivity contribution < 1.29 is 4.79 Å². The highest BCUT2D eigenvalue weighted by Gasteiger charge is 2.39. The van der Waals surface area contributed by atoms with Gasteiger partial charge in [-0.2, -0.15) is 0 Å². The molecule has 3 atom stereocenters. The molecule has 0 spiro atoms. The predicted octanol–water partition coefficient (Wildman–Crippen LogP) is 8.16. The monoisotopic (exact) mass is 491 g/mol. The van der Waals surface area contributed by atoms with E-state index in [-0.39, 0.29) is 17.9 Å². The number of halogens is 1. The van der Waals surface area contributed by atoms with Crippen LogP contribution in [0.1, 0.15) is 39.9 Å². The third-order valence-corrected chi connectivity index (χ3v) is 7.43. The van der Waals surface area contributed by atoms with Crippen LogP contribution < -0.4 is 16.0 Å². The van der Waals surface area contributed by atoms with Gasteiger partial charge in [-0.1, -0.05) is 72.3 Å². The van der Waals surface area contributed by atoms with Crippen molar-refractivity contribution in [3.05, 3.63) is 131 Å². The minimum Gasteiger partial charge on any atom is -0.377 e. The Morgan fingerprint density at radius 1 is 0.778 bits per heavy atom. The molecule has 4 aromatic carbocycles. The van der Waals surface area contributed by atoms with Crippen LogP contribution >= 0.6 is 11.6 Å². The van der Waals surface area contributed by atoms with Gasteiger partial charge in [-0.3, -0.25) is 4.79 Å². The van der Waals surface area contributed by atoms with Gasteiger partial charge in [0.1, 0.15) is 0 Å². The van der Waals surface area contributed by atoms with Crippen molar-refractivity contribution in [3.8, 4) is 0 Å². The smallest absolute Gasteiger partial charge is 0.257 e. The zero-order chi connectivity index (χ0) is 24.5. The molecule has 0 saturated carbocycles. The minimum absolute atomic E-state index is 0.0310. The van der Waals surface area contributed by atoms with Crippen LogP contribution in [0.5, 0.6) is 0 Å². The maximum Gasteiger partial charge on any atom is 0.257 e. The molecular weight excluding hydrogens is 466 g/mol. The highest BCUT2D eigenvalue weighted by Crippen LogP contribution is 2.51. The van der Waals surface area contributed by atoms with Crippen molar-refractivity contribution in [3.63, 3.8) is 0 Å². The van der Waals surface area contributed by atoms with E-state index in [0.717, 1.165) is 45.3 Å². The van der Waals surface area contributed by atoms with Crippen LogP contribution in [0.2, 0.25) is 5.02 Å². The fourth-order valence-corrected chi connectivity index (χ4v) is 5.62. The van der Waals surface area contributed by atoms with E-state index < -0.39 is 0 Å². The van der Waals surface area contributed by atoms with Gasteiger partial charge >= 0.3 is 0 Å². The first kappa shape index (κ1) is 22.4. The highest BCUT2D eigenvalue weighted by atomic mass is 35.5. The van der Waals surface area contributed by atoms with E-state index in [1.807, 2.05) is 84.9 Å². The Labute approximate surface area is 216 Å². The van der Waals surface area contributed by atoms with Gasteiger partial charge in [0, 0.05) is 28.0 Å². The van der Waals surface area contributed by atoms with Crippen molar-refractivity contribution in [2.75, 3.05) is 16.0 Å². The van der Waals surface area contributed by atoms with Crippen LogP contribution in [0.4, 0.5) is 22.7 Å². The zero-order valence-electron chi connectivity index (χ0n) is 19.6. The number of anilines is 4. The molecular formula is C31H26ClN3O. The summed E-state index contributed by atoms with van der Waals surface area (Å²) in [5.74, 6) is 0.473. The van der Waals surface area contributed by atoms with E-state index in [9.17, 15) is 4.79 Å². The molecule has 3 unspecified atom stereocenters. The molecule has 0 bridgehead atoms. The second-order valence-electron chi connectivity index (χ2n) is 9.29. The standard InChI is InChI=1S/C31H26ClN3O/c32-28-15-5-4-10-26(28)29-24-12-6-11-23(24)25-13-7-14-27(30(25)35-29)31(36)34-22-18-16-21(17-19-22)33-20-8-2-1-3-9-20/h1-11,13-19,23-24,29,33,35H,12H2,(H,34,36). The summed E-state index contributed by atoms with van der Waals surface area (Å²) in [6, 6.07) is 31.7. The van der Waals surface area contributed by atoms with Crippen LogP contribution in [0, 0.1) is 5.92 Å². The van der Waals surface area contributed by atoms with Gasteiger partial charge in [0.2, 0.25) is 0 Å². The lowest BCUT2D eigenvalue weighted by atomic mass is 9.76. The van der Waals surface area contributed by atoms with Gasteiger partial charge < -0.3 is 16.0 Å². The summed E-state index contributed by atoms with van der Waals surface area (Å²) in [4.78, 5) is 13.5. The Hall–Kier alpha value is -4.02. The molecule has 0 fully saturated rings. The van der Waals surface area contributed by atoms with E-state index in [4.69, 9.17) is 11.6 Å². The third kappa shape index (κ3) is 4.25. The first-order chi connectivity index (χ1) is 17.7. The summed E-state index contributed by atoms with van der Waals surface area (Å²) in [6.45, 7) is 0. The van der Waals surface area contributed by atoms with Crippen molar-refractivity contribution >= 4 is 40.3 Å². The SMILES string of the molecule is O=C(Nc1ccc(Nc2ccccc2)cc1)c1cccc2c1NC(c1ccccc1Cl)C1CC=CC21. The molecule has 1 aliphatic carbocycles. The molecule has 1 aliphatic heterocycles. The van der Waals surface area contributed by atoms with E-state index in [1.54, 1.807) is 0 Å². The molecule has 0 aromatic heterocycles. The molecule has 36 heavy (non-hydrogen) atoms. The molecule has 3 N–H and O–H groups in total. The van der Waals surface area contributed by atoms with Crippen molar-refractivity contribution in [1.29, 1.82) is 0 Å². The largest absolute Gasteiger partial charge is 0.377 e. The molecule has 4 aromatic rings. The summed E-state index contributed by atoms with van der Waals surface area (Å²) in [5.41, 5.74) is 6.47. The van der Waals surface area contributed by atoms with Crippen LogP contribution in [0.15, 0.2) is 109 Å². The number of carbonyl (C=O) groups excluding carboxylic acids is 1. The number of rotatable bonds is 5. The first-order valence-electron chi connectivity index (χ1n) is 12.2. The van der Waals surface area contributed by atoms with E-state index >= 15 is 0 Å². The fraction of sp³-hybridized carbons (Fsp3) is 0.129. The molecule has 0 saturated heterocycles. The molecule has 6 rings (SSSR count). The molecule has 178 valence electrons. The van der Waals surface area contributed by atoms with E-state index in [2.05, 4.69) is 40.2 Å². The number of fused-ring (bicyclic) bond motifs is 3. The van der Waals surface area contributed by atoms with Gasteiger partial charge in [-0.25, -0.2) is 0 Å². The quantitative estimate of drug-likeness (QED) is 0.247. The lowest BCUT2D eigenvalue weighted by Gasteiger charge is -2.38. The maximum atomic E-state index is 13.5. The predicted molar refractivity (Wildman–Crippen MR) is 148 cm³/mol. The number of amides is 1. The Morgan fingerprint density at radius 3 is 2.28 bits per heavy atom. The average Bonchev–Trinajstić information content (AvgIpc) is 3.41. The lowest BCUT2D eigenvalue weighted by Crippen LogP contribution is -2.31. The Balaban J connectivity index is 1.26. The summed E-state index contributed by atoms with van der Waals surface area (Å²) < 4.78 is 0. The minimum atomic E-state index is -0.138.